The second kappa shape index (κ2) is 10.7. The summed E-state index contributed by atoms with van der Waals surface area (Å²) < 4.78 is 46.3. The van der Waals surface area contributed by atoms with Crippen LogP contribution in [0.1, 0.15) is 38.2 Å². The zero-order valence-corrected chi connectivity index (χ0v) is 20.1. The first kappa shape index (κ1) is 24.4. The molecule has 0 aliphatic carbocycles. The number of hydrogen-bond donors (Lipinski definition) is 1. The summed E-state index contributed by atoms with van der Waals surface area (Å²) in [6.07, 6.45) is 3.17. The van der Waals surface area contributed by atoms with E-state index in [0.29, 0.717) is 78.1 Å². The quantitative estimate of drug-likeness (QED) is 0.605. The van der Waals surface area contributed by atoms with E-state index >= 15 is 0 Å². The van der Waals surface area contributed by atoms with Crippen molar-refractivity contribution >= 4 is 16.1 Å². The van der Waals surface area contributed by atoms with Gasteiger partial charge >= 0.3 is 0 Å². The Bertz CT molecular complexity index is 891. The smallest absolute Gasteiger partial charge is 0.282 e. The molecule has 3 aliphatic heterocycles. The highest BCUT2D eigenvalue weighted by atomic mass is 32.2. The molecule has 1 aromatic carbocycles. The van der Waals surface area contributed by atoms with Crippen molar-refractivity contribution in [2.24, 2.45) is 5.92 Å². The van der Waals surface area contributed by atoms with Gasteiger partial charge in [-0.15, -0.1) is 0 Å². The van der Waals surface area contributed by atoms with Gasteiger partial charge in [-0.3, -0.25) is 4.79 Å². The van der Waals surface area contributed by atoms with Crippen molar-refractivity contribution in [3.05, 3.63) is 29.8 Å². The predicted octanol–water partition coefficient (Wildman–Crippen LogP) is 1.54. The van der Waals surface area contributed by atoms with Crippen LogP contribution in [-0.2, 0) is 30.9 Å². The molecule has 3 heterocycles. The maximum Gasteiger partial charge on any atom is 0.282 e. The van der Waals surface area contributed by atoms with Crippen LogP contribution in [-0.4, -0.2) is 81.3 Å². The van der Waals surface area contributed by atoms with Crippen molar-refractivity contribution in [1.29, 1.82) is 0 Å². The molecule has 0 unspecified atom stereocenters. The van der Waals surface area contributed by atoms with Crippen LogP contribution in [0.3, 0.4) is 0 Å². The summed E-state index contributed by atoms with van der Waals surface area (Å²) in [6, 6.07) is 7.85. The number of carbonyl (C=O) groups is 1. The van der Waals surface area contributed by atoms with Crippen molar-refractivity contribution in [3.63, 3.8) is 0 Å². The number of carbonyl (C=O) groups excluding carboxylic acids is 1. The Balaban J connectivity index is 1.25. The fourth-order valence-electron chi connectivity index (χ4n) is 4.77. The molecule has 0 saturated carbocycles. The maximum absolute atomic E-state index is 13.2. The van der Waals surface area contributed by atoms with Crippen LogP contribution >= 0.6 is 0 Å². The summed E-state index contributed by atoms with van der Waals surface area (Å²) in [4.78, 5) is 12.7. The Morgan fingerprint density at radius 1 is 1.12 bits per heavy atom. The van der Waals surface area contributed by atoms with Crippen LogP contribution in [0.15, 0.2) is 24.3 Å². The minimum Gasteiger partial charge on any atom is -0.494 e. The van der Waals surface area contributed by atoms with Gasteiger partial charge in [0.05, 0.1) is 25.7 Å². The van der Waals surface area contributed by atoms with Gasteiger partial charge in [-0.1, -0.05) is 12.1 Å². The van der Waals surface area contributed by atoms with Gasteiger partial charge in [-0.25, -0.2) is 0 Å². The molecular formula is C23H35N3O6S. The zero-order valence-electron chi connectivity index (χ0n) is 19.3. The molecule has 0 bridgehead atoms. The third-order valence-corrected chi connectivity index (χ3v) is 8.65. The Morgan fingerprint density at radius 2 is 1.82 bits per heavy atom. The van der Waals surface area contributed by atoms with Crippen molar-refractivity contribution in [3.8, 4) is 5.75 Å². The van der Waals surface area contributed by atoms with Crippen LogP contribution < -0.4 is 10.1 Å². The molecular weight excluding hydrogens is 446 g/mol. The van der Waals surface area contributed by atoms with Crippen LogP contribution in [0.2, 0.25) is 0 Å². The van der Waals surface area contributed by atoms with Gasteiger partial charge < -0.3 is 19.5 Å². The van der Waals surface area contributed by atoms with Gasteiger partial charge in [-0.05, 0) is 43.9 Å². The summed E-state index contributed by atoms with van der Waals surface area (Å²) in [5.74, 6) is -0.182. The molecule has 33 heavy (non-hydrogen) atoms. The van der Waals surface area contributed by atoms with E-state index in [2.05, 4.69) is 5.32 Å². The normalized spacial score (nSPS) is 24.1. The highest BCUT2D eigenvalue weighted by Gasteiger charge is 2.44. The van der Waals surface area contributed by atoms with Gasteiger partial charge in [0, 0.05) is 45.6 Å². The van der Waals surface area contributed by atoms with Gasteiger partial charge in [0.1, 0.15) is 5.75 Å². The molecule has 3 fully saturated rings. The lowest BCUT2D eigenvalue weighted by atomic mass is 9.99. The second-order valence-corrected chi connectivity index (χ2v) is 10.8. The molecule has 1 aromatic rings. The predicted molar refractivity (Wildman–Crippen MR) is 123 cm³/mol. The first-order valence-electron chi connectivity index (χ1n) is 11.9. The summed E-state index contributed by atoms with van der Waals surface area (Å²) in [7, 11) is -3.61. The summed E-state index contributed by atoms with van der Waals surface area (Å²) >= 11 is 0. The van der Waals surface area contributed by atoms with E-state index in [1.54, 1.807) is 0 Å². The number of rotatable bonds is 8. The first-order chi connectivity index (χ1) is 15.9. The highest BCUT2D eigenvalue weighted by molar-refractivity contribution is 7.86. The van der Waals surface area contributed by atoms with Gasteiger partial charge in [-0.2, -0.15) is 17.0 Å². The van der Waals surface area contributed by atoms with E-state index in [1.807, 2.05) is 31.2 Å². The minimum atomic E-state index is -3.61. The van der Waals surface area contributed by atoms with Crippen molar-refractivity contribution in [2.75, 3.05) is 52.5 Å². The van der Waals surface area contributed by atoms with Gasteiger partial charge in [0.15, 0.2) is 5.79 Å². The monoisotopic (exact) mass is 481 g/mol. The number of piperidine rings is 2. The highest BCUT2D eigenvalue weighted by Crippen LogP contribution is 2.33. The van der Waals surface area contributed by atoms with E-state index in [4.69, 9.17) is 14.2 Å². The second-order valence-electron chi connectivity index (χ2n) is 8.83. The van der Waals surface area contributed by atoms with Crippen LogP contribution in [0.25, 0.3) is 0 Å². The third kappa shape index (κ3) is 5.86. The number of nitrogens with one attached hydrogen (secondary N) is 1. The lowest BCUT2D eigenvalue weighted by Crippen LogP contribution is -2.54. The number of amides is 1. The third-order valence-electron chi connectivity index (χ3n) is 6.65. The van der Waals surface area contributed by atoms with Crippen molar-refractivity contribution in [1.82, 2.24) is 13.9 Å². The molecule has 10 heteroatoms. The fourth-order valence-corrected chi connectivity index (χ4v) is 6.46. The standard InChI is InChI=1S/C23H35N3O6S/c1-2-30-21-7-5-19(6-8-21)9-12-24-22(27)20-4-3-13-26(18-20)33(28,29)25-14-10-23(11-15-25)31-16-17-32-23/h5-8,20H,2-4,9-18H2,1H3,(H,24,27)/t20-/m1/s1. The average molecular weight is 482 g/mol. The first-order valence-corrected chi connectivity index (χ1v) is 13.3. The Labute approximate surface area is 196 Å². The topological polar surface area (TPSA) is 97.4 Å². The van der Waals surface area contributed by atoms with Crippen LogP contribution in [0, 0.1) is 5.92 Å². The molecule has 0 radical (unpaired) electrons. The summed E-state index contributed by atoms with van der Waals surface area (Å²) in [5, 5.41) is 2.99. The maximum atomic E-state index is 13.2. The van der Waals surface area contributed by atoms with Gasteiger partial charge in [0.2, 0.25) is 5.91 Å². The van der Waals surface area contributed by atoms with E-state index in [9.17, 15) is 13.2 Å². The molecule has 0 aromatic heterocycles. The largest absolute Gasteiger partial charge is 0.494 e. The van der Waals surface area contributed by atoms with E-state index < -0.39 is 16.0 Å². The lowest BCUT2D eigenvalue weighted by molar-refractivity contribution is -0.179. The summed E-state index contributed by atoms with van der Waals surface area (Å²) in [6.45, 7) is 5.65. The Kier molecular flexibility index (Phi) is 7.91. The number of hydrogen-bond acceptors (Lipinski definition) is 6. The summed E-state index contributed by atoms with van der Waals surface area (Å²) in [5.41, 5.74) is 1.12. The Morgan fingerprint density at radius 3 is 2.48 bits per heavy atom. The van der Waals surface area contributed by atoms with E-state index in [0.717, 1.165) is 11.3 Å². The van der Waals surface area contributed by atoms with E-state index in [-0.39, 0.29) is 18.4 Å². The average Bonchev–Trinajstić information content (AvgIpc) is 3.28. The fraction of sp³-hybridized carbons (Fsp3) is 0.696. The molecule has 4 rings (SSSR count). The van der Waals surface area contributed by atoms with Crippen LogP contribution in [0.4, 0.5) is 0 Å². The SMILES string of the molecule is CCOc1ccc(CCNC(=O)[C@@H]2CCCN(S(=O)(=O)N3CCC4(CC3)OCCO4)C2)cc1. The molecule has 184 valence electrons. The molecule has 1 N–H and O–H groups in total. The minimum absolute atomic E-state index is 0.0776. The van der Waals surface area contributed by atoms with Crippen molar-refractivity contribution < 1.29 is 27.4 Å². The van der Waals surface area contributed by atoms with Crippen molar-refractivity contribution in [2.45, 2.75) is 44.8 Å². The molecule has 1 amide bonds. The number of nitrogens with zero attached hydrogens (tertiary/aromatic N) is 2. The Hall–Kier alpha value is -1.72. The van der Waals surface area contributed by atoms with Crippen LogP contribution in [0.5, 0.6) is 5.75 Å². The molecule has 9 nitrogen and oxygen atoms in total. The number of benzene rings is 1. The molecule has 3 saturated heterocycles. The van der Waals surface area contributed by atoms with E-state index in [1.165, 1.54) is 8.61 Å². The molecule has 1 atom stereocenters. The lowest BCUT2D eigenvalue weighted by Gasteiger charge is -2.40. The molecule has 1 spiro atoms. The van der Waals surface area contributed by atoms with Gasteiger partial charge in [0.25, 0.3) is 10.2 Å². The molecule has 3 aliphatic rings. The zero-order chi connectivity index (χ0) is 23.3. The number of ether oxygens (including phenoxy) is 3.